The Kier molecular flexibility index (Phi) is 6.25. The molecule has 0 spiro atoms. The van der Waals surface area contributed by atoms with E-state index in [0.717, 1.165) is 5.69 Å². The van der Waals surface area contributed by atoms with E-state index in [9.17, 15) is 0 Å². The molecule has 0 aromatic heterocycles. The second kappa shape index (κ2) is 8.83. The number of nitrogens with one attached hydrogen (secondary N) is 2. The lowest BCUT2D eigenvalue weighted by Gasteiger charge is -2.23. The zero-order chi connectivity index (χ0) is 19.2. The molecule has 138 valence electrons. The molecule has 0 fully saturated rings. The molecule has 0 saturated heterocycles. The highest BCUT2D eigenvalue weighted by atomic mass is 32.1. The van der Waals surface area contributed by atoms with Gasteiger partial charge in [0.1, 0.15) is 0 Å². The number of hydrogen-bond donors (Lipinski definition) is 2. The standard InChI is InChI=1S/C24H26N2S/c1-17(2)19-13-15-21(16-14-19)25-24(27)26-23(20-10-5-4-6-11-20)22-12-8-7-9-18(22)3/h4-17,23H,1-3H3,(H2,25,26,27). The van der Waals surface area contributed by atoms with Crippen LogP contribution in [-0.4, -0.2) is 5.11 Å². The first-order chi connectivity index (χ1) is 13.0. The molecule has 0 amide bonds. The van der Waals surface area contributed by atoms with Crippen molar-refractivity contribution >= 4 is 23.0 Å². The predicted octanol–water partition coefficient (Wildman–Crippen LogP) is 6.19. The molecule has 0 aliphatic carbocycles. The summed E-state index contributed by atoms with van der Waals surface area (Å²) in [5.74, 6) is 0.521. The van der Waals surface area contributed by atoms with E-state index in [2.05, 4.69) is 104 Å². The van der Waals surface area contributed by atoms with Crippen LogP contribution in [0.2, 0.25) is 0 Å². The maximum absolute atomic E-state index is 5.62. The lowest BCUT2D eigenvalue weighted by Crippen LogP contribution is -2.33. The van der Waals surface area contributed by atoms with Crippen molar-refractivity contribution in [3.8, 4) is 0 Å². The number of benzene rings is 3. The monoisotopic (exact) mass is 374 g/mol. The normalized spacial score (nSPS) is 11.9. The van der Waals surface area contributed by atoms with E-state index in [0.29, 0.717) is 11.0 Å². The molecule has 0 bridgehead atoms. The highest BCUT2D eigenvalue weighted by Gasteiger charge is 2.17. The van der Waals surface area contributed by atoms with Gasteiger partial charge in [0.25, 0.3) is 0 Å². The van der Waals surface area contributed by atoms with Gasteiger partial charge in [0.15, 0.2) is 5.11 Å². The van der Waals surface area contributed by atoms with Gasteiger partial charge in [-0.25, -0.2) is 0 Å². The highest BCUT2D eigenvalue weighted by molar-refractivity contribution is 7.80. The van der Waals surface area contributed by atoms with E-state index in [4.69, 9.17) is 12.2 Å². The number of hydrogen-bond acceptors (Lipinski definition) is 1. The molecular weight excluding hydrogens is 348 g/mol. The number of anilines is 1. The van der Waals surface area contributed by atoms with Gasteiger partial charge in [-0.15, -0.1) is 0 Å². The van der Waals surface area contributed by atoms with E-state index < -0.39 is 0 Å². The minimum absolute atomic E-state index is 0.00216. The van der Waals surface area contributed by atoms with Crippen LogP contribution in [0.5, 0.6) is 0 Å². The van der Waals surface area contributed by atoms with Crippen LogP contribution in [-0.2, 0) is 0 Å². The smallest absolute Gasteiger partial charge is 0.171 e. The Bertz CT molecular complexity index is 886. The molecule has 1 atom stereocenters. The van der Waals surface area contributed by atoms with Gasteiger partial charge in [0, 0.05) is 5.69 Å². The minimum Gasteiger partial charge on any atom is -0.352 e. The van der Waals surface area contributed by atoms with Crippen molar-refractivity contribution in [1.82, 2.24) is 5.32 Å². The van der Waals surface area contributed by atoms with Gasteiger partial charge < -0.3 is 10.6 Å². The SMILES string of the molecule is Cc1ccccc1C(NC(=S)Nc1ccc(C(C)C)cc1)c1ccccc1. The maximum atomic E-state index is 5.62. The van der Waals surface area contributed by atoms with E-state index in [1.54, 1.807) is 0 Å². The molecule has 3 rings (SSSR count). The lowest BCUT2D eigenvalue weighted by atomic mass is 9.95. The van der Waals surface area contributed by atoms with Crippen molar-refractivity contribution in [3.63, 3.8) is 0 Å². The summed E-state index contributed by atoms with van der Waals surface area (Å²) in [5, 5.41) is 7.43. The summed E-state index contributed by atoms with van der Waals surface area (Å²) in [6, 6.07) is 27.3. The van der Waals surface area contributed by atoms with Gasteiger partial charge in [-0.3, -0.25) is 0 Å². The topological polar surface area (TPSA) is 24.1 Å². The highest BCUT2D eigenvalue weighted by Crippen LogP contribution is 2.25. The fraction of sp³-hybridized carbons (Fsp3) is 0.208. The molecule has 3 aromatic rings. The third-order valence-electron chi connectivity index (χ3n) is 4.74. The van der Waals surface area contributed by atoms with Crippen LogP contribution >= 0.6 is 12.2 Å². The quantitative estimate of drug-likeness (QED) is 0.520. The third kappa shape index (κ3) is 4.95. The summed E-state index contributed by atoms with van der Waals surface area (Å²) < 4.78 is 0. The number of rotatable bonds is 5. The van der Waals surface area contributed by atoms with Crippen LogP contribution in [0.1, 0.15) is 48.1 Å². The fourth-order valence-corrected chi connectivity index (χ4v) is 3.38. The molecule has 3 heteroatoms. The van der Waals surface area contributed by atoms with Crippen molar-refractivity contribution in [2.24, 2.45) is 0 Å². The Morgan fingerprint density at radius 3 is 2.04 bits per heavy atom. The first kappa shape index (κ1) is 19.1. The van der Waals surface area contributed by atoms with Gasteiger partial charge in [-0.2, -0.15) is 0 Å². The van der Waals surface area contributed by atoms with Gasteiger partial charge in [-0.05, 0) is 59.4 Å². The molecule has 1 unspecified atom stereocenters. The minimum atomic E-state index is 0.00216. The number of aryl methyl sites for hydroxylation is 1. The zero-order valence-electron chi connectivity index (χ0n) is 16.1. The summed E-state index contributed by atoms with van der Waals surface area (Å²) in [5.41, 5.74) is 5.96. The van der Waals surface area contributed by atoms with E-state index >= 15 is 0 Å². The van der Waals surface area contributed by atoms with Crippen molar-refractivity contribution < 1.29 is 0 Å². The molecule has 27 heavy (non-hydrogen) atoms. The second-order valence-corrected chi connectivity index (χ2v) is 7.48. The van der Waals surface area contributed by atoms with E-state index in [-0.39, 0.29) is 6.04 Å². The average molecular weight is 375 g/mol. The van der Waals surface area contributed by atoms with Crippen molar-refractivity contribution in [2.75, 3.05) is 5.32 Å². The summed E-state index contributed by atoms with van der Waals surface area (Å²) >= 11 is 5.62. The van der Waals surface area contributed by atoms with Gasteiger partial charge in [0.05, 0.1) is 6.04 Å². The summed E-state index contributed by atoms with van der Waals surface area (Å²) in [7, 11) is 0. The summed E-state index contributed by atoms with van der Waals surface area (Å²) in [6.07, 6.45) is 0. The first-order valence-electron chi connectivity index (χ1n) is 9.32. The summed E-state index contributed by atoms with van der Waals surface area (Å²) in [4.78, 5) is 0. The third-order valence-corrected chi connectivity index (χ3v) is 4.96. The van der Waals surface area contributed by atoms with Crippen LogP contribution in [0, 0.1) is 6.92 Å². The maximum Gasteiger partial charge on any atom is 0.171 e. The largest absolute Gasteiger partial charge is 0.352 e. The molecule has 0 aliphatic heterocycles. The summed E-state index contributed by atoms with van der Waals surface area (Å²) in [6.45, 7) is 6.52. The Morgan fingerprint density at radius 2 is 1.41 bits per heavy atom. The molecule has 0 radical (unpaired) electrons. The van der Waals surface area contributed by atoms with Crippen LogP contribution in [0.3, 0.4) is 0 Å². The zero-order valence-corrected chi connectivity index (χ0v) is 16.9. The lowest BCUT2D eigenvalue weighted by molar-refractivity contribution is 0.762. The van der Waals surface area contributed by atoms with Crippen molar-refractivity contribution in [2.45, 2.75) is 32.7 Å². The Labute approximate surface area is 167 Å². The molecule has 2 N–H and O–H groups in total. The van der Waals surface area contributed by atoms with Crippen LogP contribution in [0.25, 0.3) is 0 Å². The van der Waals surface area contributed by atoms with E-state index in [1.165, 1.54) is 22.3 Å². The fourth-order valence-electron chi connectivity index (χ4n) is 3.15. The average Bonchev–Trinajstić information content (AvgIpc) is 2.68. The van der Waals surface area contributed by atoms with Crippen LogP contribution in [0.4, 0.5) is 5.69 Å². The van der Waals surface area contributed by atoms with Crippen molar-refractivity contribution in [3.05, 3.63) is 101 Å². The predicted molar refractivity (Wildman–Crippen MR) is 119 cm³/mol. The molecule has 0 aliphatic rings. The van der Waals surface area contributed by atoms with Crippen LogP contribution in [0.15, 0.2) is 78.9 Å². The van der Waals surface area contributed by atoms with Gasteiger partial charge >= 0.3 is 0 Å². The second-order valence-electron chi connectivity index (χ2n) is 7.08. The first-order valence-corrected chi connectivity index (χ1v) is 9.73. The van der Waals surface area contributed by atoms with Gasteiger partial charge in [-0.1, -0.05) is 80.6 Å². The Balaban J connectivity index is 1.80. The van der Waals surface area contributed by atoms with Crippen molar-refractivity contribution in [1.29, 1.82) is 0 Å². The molecule has 3 aromatic carbocycles. The van der Waals surface area contributed by atoms with E-state index in [1.807, 2.05) is 6.07 Å². The molecule has 2 nitrogen and oxygen atoms in total. The molecule has 0 saturated carbocycles. The number of thiocarbonyl (C=S) groups is 1. The Hall–Kier alpha value is -2.65. The Morgan fingerprint density at radius 1 is 0.778 bits per heavy atom. The van der Waals surface area contributed by atoms with Gasteiger partial charge in [0.2, 0.25) is 0 Å². The van der Waals surface area contributed by atoms with Crippen LogP contribution < -0.4 is 10.6 Å². The molecular formula is C24H26N2S. The molecule has 0 heterocycles.